The van der Waals surface area contributed by atoms with Crippen LogP contribution in [0.4, 0.5) is 11.4 Å². The molecule has 0 saturated carbocycles. The Morgan fingerprint density at radius 2 is 1.85 bits per heavy atom. The molecule has 0 spiro atoms. The zero-order chi connectivity index (χ0) is 18.5. The van der Waals surface area contributed by atoms with Crippen molar-refractivity contribution >= 4 is 40.5 Å². The molecule has 1 N–H and O–H groups in total. The van der Waals surface area contributed by atoms with E-state index >= 15 is 0 Å². The molecule has 1 saturated heterocycles. The number of amides is 1. The van der Waals surface area contributed by atoms with Gasteiger partial charge in [-0.1, -0.05) is 35.3 Å². The first-order valence-electron chi connectivity index (χ1n) is 8.81. The van der Waals surface area contributed by atoms with Crippen molar-refractivity contribution in [3.05, 3.63) is 58.1 Å². The van der Waals surface area contributed by atoms with Crippen LogP contribution in [0.3, 0.4) is 0 Å². The number of nitrogens with zero attached hydrogens (tertiary/aromatic N) is 2. The molecule has 6 heteroatoms. The second-order valence-corrected chi connectivity index (χ2v) is 7.35. The number of piperazine rings is 1. The van der Waals surface area contributed by atoms with E-state index in [1.54, 1.807) is 18.2 Å². The summed E-state index contributed by atoms with van der Waals surface area (Å²) in [6.45, 7) is 5.88. The van der Waals surface area contributed by atoms with Crippen LogP contribution in [-0.2, 0) is 4.79 Å². The Hall–Kier alpha value is -1.91. The van der Waals surface area contributed by atoms with Gasteiger partial charge in [-0.05, 0) is 42.8 Å². The number of halogens is 2. The number of hydrogen-bond donors (Lipinski definition) is 1. The first-order chi connectivity index (χ1) is 12.5. The molecule has 0 atom stereocenters. The van der Waals surface area contributed by atoms with Crippen molar-refractivity contribution in [3.63, 3.8) is 0 Å². The molecule has 2 aromatic carbocycles. The zero-order valence-electron chi connectivity index (χ0n) is 14.8. The van der Waals surface area contributed by atoms with Gasteiger partial charge in [0.05, 0.1) is 10.7 Å². The molecule has 4 nitrogen and oxygen atoms in total. The van der Waals surface area contributed by atoms with E-state index in [0.717, 1.165) is 31.9 Å². The van der Waals surface area contributed by atoms with Gasteiger partial charge in [0.1, 0.15) is 0 Å². The van der Waals surface area contributed by atoms with Crippen molar-refractivity contribution in [3.8, 4) is 0 Å². The molecule has 1 aliphatic heterocycles. The van der Waals surface area contributed by atoms with Crippen LogP contribution in [0.15, 0.2) is 42.5 Å². The van der Waals surface area contributed by atoms with Crippen molar-refractivity contribution in [2.75, 3.05) is 42.9 Å². The number of rotatable bonds is 5. The van der Waals surface area contributed by atoms with E-state index in [-0.39, 0.29) is 5.91 Å². The number of aryl methyl sites for hydroxylation is 1. The lowest BCUT2D eigenvalue weighted by Gasteiger charge is -2.36. The molecule has 1 fully saturated rings. The van der Waals surface area contributed by atoms with E-state index in [4.69, 9.17) is 23.2 Å². The monoisotopic (exact) mass is 391 g/mol. The lowest BCUT2D eigenvalue weighted by atomic mass is 10.2. The van der Waals surface area contributed by atoms with Crippen LogP contribution in [0.1, 0.15) is 12.0 Å². The molecule has 0 unspecified atom stereocenters. The Kier molecular flexibility index (Phi) is 6.28. The topological polar surface area (TPSA) is 35.6 Å². The normalized spacial score (nSPS) is 14.4. The van der Waals surface area contributed by atoms with Crippen LogP contribution in [0.5, 0.6) is 0 Å². The van der Waals surface area contributed by atoms with Gasteiger partial charge in [-0.25, -0.2) is 0 Å². The van der Waals surface area contributed by atoms with Crippen molar-refractivity contribution in [1.82, 2.24) is 4.90 Å². The third-order valence-electron chi connectivity index (χ3n) is 4.58. The minimum absolute atomic E-state index is 0.166. The fourth-order valence-electron chi connectivity index (χ4n) is 3.13. The van der Waals surface area contributed by atoms with Crippen LogP contribution >= 0.6 is 23.2 Å². The van der Waals surface area contributed by atoms with Crippen LogP contribution in [0.25, 0.3) is 0 Å². The summed E-state index contributed by atoms with van der Waals surface area (Å²) in [4.78, 5) is 16.7. The quantitative estimate of drug-likeness (QED) is 0.817. The van der Waals surface area contributed by atoms with Gasteiger partial charge in [-0.15, -0.1) is 0 Å². The maximum atomic E-state index is 12.4. The highest BCUT2D eigenvalue weighted by Crippen LogP contribution is 2.25. The molecule has 1 amide bonds. The van der Waals surface area contributed by atoms with Gasteiger partial charge in [0.25, 0.3) is 0 Å². The molecule has 0 aliphatic carbocycles. The van der Waals surface area contributed by atoms with Gasteiger partial charge in [-0.2, -0.15) is 0 Å². The molecule has 1 aliphatic rings. The van der Waals surface area contributed by atoms with Crippen LogP contribution in [0, 0.1) is 6.92 Å². The number of carbonyl (C=O) groups excluding carboxylic acids is 1. The average molecular weight is 392 g/mol. The van der Waals surface area contributed by atoms with E-state index in [0.29, 0.717) is 23.0 Å². The minimum atomic E-state index is 0.166. The minimum Gasteiger partial charge on any atom is -0.383 e. The third kappa shape index (κ3) is 4.83. The Labute approximate surface area is 164 Å². The zero-order valence-corrected chi connectivity index (χ0v) is 16.4. The van der Waals surface area contributed by atoms with Crippen molar-refractivity contribution in [1.29, 1.82) is 0 Å². The summed E-state index contributed by atoms with van der Waals surface area (Å²) in [6.07, 6.45) is 0.438. The number of nitrogens with one attached hydrogen (secondary N) is 1. The number of carbonyl (C=O) groups is 1. The summed E-state index contributed by atoms with van der Waals surface area (Å²) in [5.74, 6) is 0.166. The maximum Gasteiger partial charge on any atom is 0.224 e. The second kappa shape index (κ2) is 8.65. The molecule has 2 aromatic rings. The van der Waals surface area contributed by atoms with E-state index < -0.39 is 0 Å². The largest absolute Gasteiger partial charge is 0.383 e. The summed E-state index contributed by atoms with van der Waals surface area (Å²) in [5.41, 5.74) is 3.25. The third-order valence-corrected chi connectivity index (χ3v) is 5.15. The highest BCUT2D eigenvalue weighted by atomic mass is 35.5. The molecule has 138 valence electrons. The predicted octanol–water partition coefficient (Wildman–Crippen LogP) is 4.45. The Morgan fingerprint density at radius 3 is 2.58 bits per heavy atom. The Balaban J connectivity index is 1.46. The van der Waals surface area contributed by atoms with Crippen LogP contribution in [0.2, 0.25) is 10.0 Å². The standard InChI is InChI=1S/C20H23Cl2N3O/c1-15-3-2-4-17(13-15)24-9-11-25(12-10-24)20(26)7-8-23-19-14-16(21)5-6-18(19)22/h2-6,13-14,23H,7-12H2,1H3. The average Bonchev–Trinajstić information content (AvgIpc) is 2.64. The fraction of sp³-hybridized carbons (Fsp3) is 0.350. The van der Waals surface area contributed by atoms with Crippen LogP contribution < -0.4 is 10.2 Å². The van der Waals surface area contributed by atoms with Crippen molar-refractivity contribution < 1.29 is 4.79 Å². The summed E-state index contributed by atoms with van der Waals surface area (Å²) < 4.78 is 0. The smallest absolute Gasteiger partial charge is 0.224 e. The van der Waals surface area contributed by atoms with Gasteiger partial charge in [0, 0.05) is 49.9 Å². The molecule has 1 heterocycles. The Morgan fingerprint density at radius 1 is 1.08 bits per heavy atom. The lowest BCUT2D eigenvalue weighted by Crippen LogP contribution is -2.49. The van der Waals surface area contributed by atoms with E-state index in [9.17, 15) is 4.79 Å². The first kappa shape index (κ1) is 18.9. The first-order valence-corrected chi connectivity index (χ1v) is 9.57. The van der Waals surface area contributed by atoms with Crippen LogP contribution in [-0.4, -0.2) is 43.5 Å². The number of anilines is 2. The van der Waals surface area contributed by atoms with E-state index in [1.807, 2.05) is 4.90 Å². The fourth-order valence-corrected chi connectivity index (χ4v) is 3.49. The molecular weight excluding hydrogens is 369 g/mol. The SMILES string of the molecule is Cc1cccc(N2CCN(C(=O)CCNc3cc(Cl)ccc3Cl)CC2)c1. The number of hydrogen-bond acceptors (Lipinski definition) is 3. The molecule has 26 heavy (non-hydrogen) atoms. The van der Waals surface area contributed by atoms with Gasteiger partial charge < -0.3 is 15.1 Å². The second-order valence-electron chi connectivity index (χ2n) is 6.51. The predicted molar refractivity (Wildman–Crippen MR) is 110 cm³/mol. The van der Waals surface area contributed by atoms with Crippen molar-refractivity contribution in [2.24, 2.45) is 0 Å². The summed E-state index contributed by atoms with van der Waals surface area (Å²) in [6, 6.07) is 13.8. The highest BCUT2D eigenvalue weighted by molar-refractivity contribution is 6.35. The van der Waals surface area contributed by atoms with Gasteiger partial charge >= 0.3 is 0 Å². The molecule has 0 radical (unpaired) electrons. The molecule has 3 rings (SSSR count). The van der Waals surface area contributed by atoms with Gasteiger partial charge in [0.15, 0.2) is 0 Å². The molecular formula is C20H23Cl2N3O. The summed E-state index contributed by atoms with van der Waals surface area (Å²) >= 11 is 12.1. The summed E-state index contributed by atoms with van der Waals surface area (Å²) in [7, 11) is 0. The Bertz CT molecular complexity index is 773. The lowest BCUT2D eigenvalue weighted by molar-refractivity contribution is -0.131. The van der Waals surface area contributed by atoms with Gasteiger partial charge in [-0.3, -0.25) is 4.79 Å². The molecule has 0 aromatic heterocycles. The van der Waals surface area contributed by atoms with E-state index in [1.165, 1.54) is 11.3 Å². The summed E-state index contributed by atoms with van der Waals surface area (Å²) in [5, 5.41) is 4.42. The highest BCUT2D eigenvalue weighted by Gasteiger charge is 2.21. The maximum absolute atomic E-state index is 12.4. The van der Waals surface area contributed by atoms with E-state index in [2.05, 4.69) is 41.4 Å². The van der Waals surface area contributed by atoms with Gasteiger partial charge in [0.2, 0.25) is 5.91 Å². The molecule has 0 bridgehead atoms. The number of benzene rings is 2. The van der Waals surface area contributed by atoms with Crippen molar-refractivity contribution in [2.45, 2.75) is 13.3 Å².